The molecule has 1 amide bonds. The van der Waals surface area contributed by atoms with Crippen molar-refractivity contribution in [1.29, 1.82) is 0 Å². The molecule has 0 aliphatic carbocycles. The topological polar surface area (TPSA) is 75.7 Å². The number of carbonyl (C=O) groups is 1. The molecule has 0 unspecified atom stereocenters. The first-order valence-electron chi connectivity index (χ1n) is 9.04. The largest absolute Gasteiger partial charge is 0.491 e. The first kappa shape index (κ1) is 19.2. The van der Waals surface area contributed by atoms with Crippen molar-refractivity contribution in [2.45, 2.75) is 32.8 Å². The molecule has 2 aromatic rings. The van der Waals surface area contributed by atoms with Crippen LogP contribution in [0.5, 0.6) is 5.75 Å². The Morgan fingerprint density at radius 1 is 1.11 bits per heavy atom. The van der Waals surface area contributed by atoms with Crippen molar-refractivity contribution in [3.63, 3.8) is 0 Å². The van der Waals surface area contributed by atoms with Crippen LogP contribution in [0.3, 0.4) is 0 Å². The van der Waals surface area contributed by atoms with E-state index in [0.29, 0.717) is 29.9 Å². The standard InChI is InChI=1S/C20H24N2O4S/c1-15(2)26-19-10-8-17(9-11-19)21-20(23)16-6-5-7-18(14-16)22-12-3-4-13-27(22,24)25/h5-11,14-15H,3-4,12-13H2,1-2H3,(H,21,23). The number of sulfonamides is 1. The van der Waals surface area contributed by atoms with Gasteiger partial charge < -0.3 is 10.1 Å². The lowest BCUT2D eigenvalue weighted by atomic mass is 10.1. The van der Waals surface area contributed by atoms with Crippen LogP contribution in [0.25, 0.3) is 0 Å². The molecule has 0 saturated carbocycles. The van der Waals surface area contributed by atoms with Gasteiger partial charge in [0.15, 0.2) is 0 Å². The lowest BCUT2D eigenvalue weighted by Gasteiger charge is -2.28. The maximum atomic E-state index is 12.6. The molecule has 1 saturated heterocycles. The lowest BCUT2D eigenvalue weighted by molar-refractivity contribution is 0.102. The van der Waals surface area contributed by atoms with Crippen LogP contribution >= 0.6 is 0 Å². The molecule has 2 aromatic carbocycles. The molecule has 144 valence electrons. The first-order chi connectivity index (χ1) is 12.8. The molecule has 1 heterocycles. The number of ether oxygens (including phenoxy) is 1. The second-order valence-electron chi connectivity index (χ2n) is 6.79. The molecular weight excluding hydrogens is 364 g/mol. The Labute approximate surface area is 160 Å². The number of anilines is 2. The highest BCUT2D eigenvalue weighted by molar-refractivity contribution is 7.92. The SMILES string of the molecule is CC(C)Oc1ccc(NC(=O)c2cccc(N3CCCCS3(=O)=O)c2)cc1. The first-order valence-corrected chi connectivity index (χ1v) is 10.6. The van der Waals surface area contributed by atoms with Crippen molar-refractivity contribution >= 4 is 27.3 Å². The van der Waals surface area contributed by atoms with Gasteiger partial charge in [-0.25, -0.2) is 8.42 Å². The Morgan fingerprint density at radius 2 is 1.85 bits per heavy atom. The second-order valence-corrected chi connectivity index (χ2v) is 8.80. The molecule has 1 aliphatic rings. The summed E-state index contributed by atoms with van der Waals surface area (Å²) in [5.74, 6) is 0.595. The minimum Gasteiger partial charge on any atom is -0.491 e. The minimum absolute atomic E-state index is 0.0826. The van der Waals surface area contributed by atoms with E-state index in [2.05, 4.69) is 5.32 Å². The zero-order valence-electron chi connectivity index (χ0n) is 15.5. The van der Waals surface area contributed by atoms with E-state index in [4.69, 9.17) is 4.74 Å². The molecule has 1 aliphatic heterocycles. The maximum absolute atomic E-state index is 12.6. The highest BCUT2D eigenvalue weighted by Crippen LogP contribution is 2.25. The predicted molar refractivity (Wildman–Crippen MR) is 107 cm³/mol. The van der Waals surface area contributed by atoms with Crippen LogP contribution in [0, 0.1) is 0 Å². The molecule has 0 aromatic heterocycles. The van der Waals surface area contributed by atoms with Crippen LogP contribution in [0.15, 0.2) is 48.5 Å². The van der Waals surface area contributed by atoms with E-state index >= 15 is 0 Å². The highest BCUT2D eigenvalue weighted by Gasteiger charge is 2.26. The summed E-state index contributed by atoms with van der Waals surface area (Å²) in [6.45, 7) is 4.35. The monoisotopic (exact) mass is 388 g/mol. The zero-order valence-corrected chi connectivity index (χ0v) is 16.3. The number of amides is 1. The molecule has 7 heteroatoms. The Kier molecular flexibility index (Phi) is 5.70. The van der Waals surface area contributed by atoms with Gasteiger partial charge in [-0.3, -0.25) is 9.10 Å². The summed E-state index contributed by atoms with van der Waals surface area (Å²) >= 11 is 0. The normalized spacial score (nSPS) is 16.2. The van der Waals surface area contributed by atoms with Crippen LogP contribution in [-0.4, -0.2) is 32.7 Å². The molecule has 1 N–H and O–H groups in total. The van der Waals surface area contributed by atoms with Crippen LogP contribution < -0.4 is 14.4 Å². The van der Waals surface area contributed by atoms with Crippen molar-refractivity contribution in [3.8, 4) is 5.75 Å². The van der Waals surface area contributed by atoms with Gasteiger partial charge in [0.2, 0.25) is 10.0 Å². The van der Waals surface area contributed by atoms with Crippen molar-refractivity contribution in [1.82, 2.24) is 0 Å². The summed E-state index contributed by atoms with van der Waals surface area (Å²) in [6, 6.07) is 13.9. The highest BCUT2D eigenvalue weighted by atomic mass is 32.2. The Balaban J connectivity index is 1.74. The Morgan fingerprint density at radius 3 is 2.52 bits per heavy atom. The van der Waals surface area contributed by atoms with Gasteiger partial charge in [0.25, 0.3) is 5.91 Å². The molecule has 0 atom stereocenters. The van der Waals surface area contributed by atoms with Gasteiger partial charge in [-0.15, -0.1) is 0 Å². The summed E-state index contributed by atoms with van der Waals surface area (Å²) < 4.78 is 31.5. The smallest absolute Gasteiger partial charge is 0.255 e. The van der Waals surface area contributed by atoms with Gasteiger partial charge in [0, 0.05) is 17.8 Å². The van der Waals surface area contributed by atoms with Crippen LogP contribution in [0.2, 0.25) is 0 Å². The van der Waals surface area contributed by atoms with Gasteiger partial charge in [-0.2, -0.15) is 0 Å². The van der Waals surface area contributed by atoms with E-state index < -0.39 is 10.0 Å². The number of hydrogen-bond acceptors (Lipinski definition) is 4. The third-order valence-electron chi connectivity index (χ3n) is 4.23. The molecule has 6 nitrogen and oxygen atoms in total. The average molecular weight is 388 g/mol. The van der Waals surface area contributed by atoms with Crippen molar-refractivity contribution in [2.75, 3.05) is 21.9 Å². The van der Waals surface area contributed by atoms with E-state index in [1.807, 2.05) is 13.8 Å². The molecule has 3 rings (SSSR count). The van der Waals surface area contributed by atoms with E-state index in [-0.39, 0.29) is 17.8 Å². The number of carbonyl (C=O) groups excluding carboxylic acids is 1. The maximum Gasteiger partial charge on any atom is 0.255 e. The number of nitrogens with zero attached hydrogens (tertiary/aromatic N) is 1. The van der Waals surface area contributed by atoms with Crippen LogP contribution in [0.4, 0.5) is 11.4 Å². The van der Waals surface area contributed by atoms with E-state index in [1.165, 1.54) is 4.31 Å². The number of nitrogens with one attached hydrogen (secondary N) is 1. The number of benzene rings is 2. The molecular formula is C20H24N2O4S. The van der Waals surface area contributed by atoms with Gasteiger partial charge >= 0.3 is 0 Å². The second kappa shape index (κ2) is 8.00. The third-order valence-corrected chi connectivity index (χ3v) is 6.10. The predicted octanol–water partition coefficient (Wildman–Crippen LogP) is 3.66. The Bertz CT molecular complexity index is 908. The van der Waals surface area contributed by atoms with E-state index in [9.17, 15) is 13.2 Å². The van der Waals surface area contributed by atoms with Gasteiger partial charge in [-0.05, 0) is 69.2 Å². The van der Waals surface area contributed by atoms with Crippen molar-refractivity contribution < 1.29 is 17.9 Å². The fourth-order valence-corrected chi connectivity index (χ4v) is 4.60. The summed E-state index contributed by atoms with van der Waals surface area (Å²) in [7, 11) is -3.31. The quantitative estimate of drug-likeness (QED) is 0.848. The van der Waals surface area contributed by atoms with Gasteiger partial charge in [-0.1, -0.05) is 6.07 Å². The van der Waals surface area contributed by atoms with Crippen molar-refractivity contribution in [3.05, 3.63) is 54.1 Å². The van der Waals surface area contributed by atoms with Gasteiger partial charge in [0.1, 0.15) is 5.75 Å². The number of rotatable bonds is 5. The number of hydrogen-bond donors (Lipinski definition) is 1. The molecule has 0 spiro atoms. The Hall–Kier alpha value is -2.54. The van der Waals surface area contributed by atoms with Crippen LogP contribution in [-0.2, 0) is 10.0 Å². The fourth-order valence-electron chi connectivity index (χ4n) is 2.97. The summed E-state index contributed by atoms with van der Waals surface area (Å²) in [6.07, 6.45) is 1.58. The molecule has 27 heavy (non-hydrogen) atoms. The van der Waals surface area contributed by atoms with E-state index in [0.717, 1.165) is 12.2 Å². The molecule has 0 radical (unpaired) electrons. The summed E-state index contributed by atoms with van der Waals surface area (Å²) in [5, 5.41) is 2.83. The van der Waals surface area contributed by atoms with Gasteiger partial charge in [0.05, 0.1) is 17.5 Å². The molecule has 0 bridgehead atoms. The minimum atomic E-state index is -3.31. The lowest BCUT2D eigenvalue weighted by Crippen LogP contribution is -2.37. The zero-order chi connectivity index (χ0) is 19.4. The fraction of sp³-hybridized carbons (Fsp3) is 0.350. The average Bonchev–Trinajstić information content (AvgIpc) is 2.62. The van der Waals surface area contributed by atoms with E-state index in [1.54, 1.807) is 48.5 Å². The summed E-state index contributed by atoms with van der Waals surface area (Å²) in [5.41, 5.74) is 1.59. The third kappa shape index (κ3) is 4.80. The van der Waals surface area contributed by atoms with Crippen LogP contribution in [0.1, 0.15) is 37.0 Å². The summed E-state index contributed by atoms with van der Waals surface area (Å²) in [4.78, 5) is 12.6. The van der Waals surface area contributed by atoms with Crippen molar-refractivity contribution in [2.24, 2.45) is 0 Å². The molecule has 1 fully saturated rings.